The van der Waals surface area contributed by atoms with Crippen LogP contribution in [0.15, 0.2) is 6.07 Å². The third-order valence-corrected chi connectivity index (χ3v) is 3.54. The quantitative estimate of drug-likeness (QED) is 0.826. The van der Waals surface area contributed by atoms with Gasteiger partial charge >= 0.3 is 0 Å². The molecule has 17 heavy (non-hydrogen) atoms. The average Bonchev–Trinajstić information content (AvgIpc) is 2.30. The maximum atomic E-state index is 9.47. The molecule has 0 radical (unpaired) electrons. The second kappa shape index (κ2) is 6.30. The Morgan fingerprint density at radius 2 is 1.76 bits per heavy atom. The summed E-state index contributed by atoms with van der Waals surface area (Å²) in [4.78, 5) is 0. The Kier molecular flexibility index (Phi) is 5.32. The van der Waals surface area contributed by atoms with Crippen LogP contribution in [0.1, 0.15) is 12.5 Å². The molecule has 1 atom stereocenters. The minimum atomic E-state index is -0.411. The first-order chi connectivity index (χ1) is 8.04. The van der Waals surface area contributed by atoms with E-state index in [0.29, 0.717) is 23.7 Å². The first-order valence-corrected chi connectivity index (χ1v) is 6.28. The highest BCUT2D eigenvalue weighted by Crippen LogP contribution is 2.42. The average molecular weight is 352 g/mol. The van der Waals surface area contributed by atoms with Gasteiger partial charge in [0.1, 0.15) is 0 Å². The Balaban J connectivity index is 3.34. The third kappa shape index (κ3) is 3.16. The zero-order valence-corrected chi connectivity index (χ0v) is 12.6. The van der Waals surface area contributed by atoms with Gasteiger partial charge in [0, 0.05) is 0 Å². The van der Waals surface area contributed by atoms with Gasteiger partial charge in [0.25, 0.3) is 0 Å². The van der Waals surface area contributed by atoms with E-state index in [2.05, 4.69) is 22.6 Å². The number of aliphatic hydroxyl groups is 1. The Morgan fingerprint density at radius 1 is 1.18 bits per heavy atom. The summed E-state index contributed by atoms with van der Waals surface area (Å²) in [6, 6.07) is 1.87. The van der Waals surface area contributed by atoms with Crippen LogP contribution in [0, 0.1) is 3.57 Å². The van der Waals surface area contributed by atoms with Crippen LogP contribution in [-0.4, -0.2) is 32.5 Å². The lowest BCUT2D eigenvalue weighted by Crippen LogP contribution is -2.08. The van der Waals surface area contributed by atoms with Crippen molar-refractivity contribution >= 4 is 22.6 Å². The molecule has 0 bridgehead atoms. The van der Waals surface area contributed by atoms with E-state index in [4.69, 9.17) is 14.2 Å². The second-order valence-electron chi connectivity index (χ2n) is 3.67. The zero-order valence-electron chi connectivity index (χ0n) is 10.4. The molecule has 0 heterocycles. The van der Waals surface area contributed by atoms with Crippen molar-refractivity contribution in [3.8, 4) is 17.2 Å². The van der Waals surface area contributed by atoms with Crippen LogP contribution >= 0.6 is 22.6 Å². The predicted molar refractivity (Wildman–Crippen MR) is 74.2 cm³/mol. The molecule has 0 spiro atoms. The van der Waals surface area contributed by atoms with E-state index in [1.54, 1.807) is 28.3 Å². The molecule has 0 amide bonds. The van der Waals surface area contributed by atoms with Crippen molar-refractivity contribution in [3.05, 3.63) is 15.2 Å². The van der Waals surface area contributed by atoms with E-state index in [1.807, 2.05) is 6.07 Å². The van der Waals surface area contributed by atoms with Crippen LogP contribution in [0.2, 0.25) is 0 Å². The summed E-state index contributed by atoms with van der Waals surface area (Å²) in [5.74, 6) is 1.83. The zero-order chi connectivity index (χ0) is 13.0. The van der Waals surface area contributed by atoms with Crippen molar-refractivity contribution < 1.29 is 19.3 Å². The van der Waals surface area contributed by atoms with Crippen LogP contribution < -0.4 is 14.2 Å². The van der Waals surface area contributed by atoms with Gasteiger partial charge in [-0.1, -0.05) is 0 Å². The maximum absolute atomic E-state index is 9.47. The number of aliphatic hydroxyl groups excluding tert-OH is 1. The maximum Gasteiger partial charge on any atom is 0.204 e. The highest BCUT2D eigenvalue weighted by molar-refractivity contribution is 14.1. The van der Waals surface area contributed by atoms with Crippen LogP contribution in [-0.2, 0) is 6.42 Å². The van der Waals surface area contributed by atoms with Gasteiger partial charge < -0.3 is 19.3 Å². The summed E-state index contributed by atoms with van der Waals surface area (Å²) in [6.45, 7) is 1.75. The van der Waals surface area contributed by atoms with Gasteiger partial charge in [-0.2, -0.15) is 0 Å². The first-order valence-electron chi connectivity index (χ1n) is 5.20. The third-order valence-electron chi connectivity index (χ3n) is 2.36. The van der Waals surface area contributed by atoms with E-state index in [-0.39, 0.29) is 0 Å². The molecule has 0 saturated carbocycles. The number of ether oxygens (including phenoxy) is 3. The molecule has 1 rings (SSSR count). The number of hydrogen-bond donors (Lipinski definition) is 1. The molecule has 4 nitrogen and oxygen atoms in total. The van der Waals surface area contributed by atoms with Gasteiger partial charge in [0.05, 0.1) is 31.0 Å². The van der Waals surface area contributed by atoms with Gasteiger partial charge in [0.2, 0.25) is 5.75 Å². The van der Waals surface area contributed by atoms with Gasteiger partial charge in [-0.3, -0.25) is 0 Å². The van der Waals surface area contributed by atoms with Gasteiger partial charge in [0.15, 0.2) is 11.5 Å². The fourth-order valence-electron chi connectivity index (χ4n) is 1.64. The first kappa shape index (κ1) is 14.4. The van der Waals surface area contributed by atoms with Gasteiger partial charge in [-0.25, -0.2) is 0 Å². The van der Waals surface area contributed by atoms with Crippen molar-refractivity contribution in [3.63, 3.8) is 0 Å². The van der Waals surface area contributed by atoms with Crippen LogP contribution in [0.4, 0.5) is 0 Å². The van der Waals surface area contributed by atoms with E-state index < -0.39 is 6.10 Å². The van der Waals surface area contributed by atoms with Crippen LogP contribution in [0.3, 0.4) is 0 Å². The number of rotatable bonds is 5. The fraction of sp³-hybridized carbons (Fsp3) is 0.500. The van der Waals surface area contributed by atoms with Crippen molar-refractivity contribution in [2.24, 2.45) is 0 Å². The lowest BCUT2D eigenvalue weighted by molar-refractivity contribution is 0.195. The molecule has 96 valence electrons. The van der Waals surface area contributed by atoms with E-state index in [0.717, 1.165) is 9.13 Å². The molecule has 1 aromatic rings. The lowest BCUT2D eigenvalue weighted by Gasteiger charge is -2.17. The molecule has 5 heteroatoms. The Morgan fingerprint density at radius 3 is 2.18 bits per heavy atom. The topological polar surface area (TPSA) is 47.9 Å². The largest absolute Gasteiger partial charge is 0.493 e. The molecular weight excluding hydrogens is 335 g/mol. The van der Waals surface area contributed by atoms with E-state index >= 15 is 0 Å². The molecule has 1 aromatic carbocycles. The Hall–Kier alpha value is -0.690. The molecule has 0 aliphatic carbocycles. The molecule has 0 aliphatic heterocycles. The van der Waals surface area contributed by atoms with Gasteiger partial charge in [-0.15, -0.1) is 0 Å². The molecule has 0 aromatic heterocycles. The van der Waals surface area contributed by atoms with Crippen molar-refractivity contribution in [2.75, 3.05) is 21.3 Å². The van der Waals surface area contributed by atoms with E-state index in [9.17, 15) is 5.11 Å². The number of methoxy groups -OCH3 is 3. The fourth-order valence-corrected chi connectivity index (χ4v) is 2.48. The normalized spacial score (nSPS) is 12.1. The monoisotopic (exact) mass is 352 g/mol. The number of hydrogen-bond acceptors (Lipinski definition) is 4. The highest BCUT2D eigenvalue weighted by atomic mass is 127. The van der Waals surface area contributed by atoms with Crippen molar-refractivity contribution in [1.82, 2.24) is 0 Å². The predicted octanol–water partition coefficient (Wildman–Crippen LogP) is 2.24. The smallest absolute Gasteiger partial charge is 0.204 e. The second-order valence-corrected chi connectivity index (χ2v) is 4.75. The molecule has 1 unspecified atom stereocenters. The minimum Gasteiger partial charge on any atom is -0.493 e. The minimum absolute atomic E-state index is 0.411. The molecule has 0 fully saturated rings. The summed E-state index contributed by atoms with van der Waals surface area (Å²) in [5, 5.41) is 9.47. The molecule has 0 saturated heterocycles. The Labute approximate surface area is 115 Å². The molecule has 1 N–H and O–H groups in total. The number of halogens is 1. The molecule has 0 aliphatic rings. The molecular formula is C12H17IO4. The van der Waals surface area contributed by atoms with E-state index in [1.165, 1.54) is 0 Å². The summed E-state index contributed by atoms with van der Waals surface area (Å²) in [6.07, 6.45) is 0.140. The van der Waals surface area contributed by atoms with Crippen LogP contribution in [0.5, 0.6) is 17.2 Å². The lowest BCUT2D eigenvalue weighted by atomic mass is 10.1. The highest BCUT2D eigenvalue weighted by Gasteiger charge is 2.19. The van der Waals surface area contributed by atoms with Gasteiger partial charge in [-0.05, 0) is 47.6 Å². The standard InChI is InChI=1S/C12H17IO4/c1-7(14)5-8-6-9(15-2)11(16-3)12(17-4)10(8)13/h6-7,14H,5H2,1-4H3. The van der Waals surface area contributed by atoms with Crippen LogP contribution in [0.25, 0.3) is 0 Å². The summed E-state index contributed by atoms with van der Waals surface area (Å²) >= 11 is 2.18. The SMILES string of the molecule is COc1cc(CC(C)O)c(I)c(OC)c1OC. The number of benzene rings is 1. The van der Waals surface area contributed by atoms with Crippen molar-refractivity contribution in [1.29, 1.82) is 0 Å². The Bertz CT molecular complexity index is 391. The summed E-state index contributed by atoms with van der Waals surface area (Å²) < 4.78 is 16.8. The summed E-state index contributed by atoms with van der Waals surface area (Å²) in [5.41, 5.74) is 0.982. The summed E-state index contributed by atoms with van der Waals surface area (Å²) in [7, 11) is 4.74. The van der Waals surface area contributed by atoms with Crippen molar-refractivity contribution in [2.45, 2.75) is 19.4 Å².